The molecule has 0 heterocycles. The van der Waals surface area contributed by atoms with Gasteiger partial charge in [0, 0.05) is 11.4 Å². The molecular weight excluding hydrogens is 324 g/mol. The van der Waals surface area contributed by atoms with Gasteiger partial charge in [0.2, 0.25) is 5.91 Å². The predicted molar refractivity (Wildman–Crippen MR) is 87.7 cm³/mol. The van der Waals surface area contributed by atoms with Crippen LogP contribution in [0.1, 0.15) is 30.5 Å². The van der Waals surface area contributed by atoms with Crippen LogP contribution in [0, 0.1) is 5.82 Å². The summed E-state index contributed by atoms with van der Waals surface area (Å²) in [6.07, 6.45) is 1.02. The summed E-state index contributed by atoms with van der Waals surface area (Å²) in [6, 6.07) is 12.0. The molecule has 116 valence electrons. The molecule has 0 spiro atoms. The lowest BCUT2D eigenvalue weighted by atomic mass is 10.1. The molecule has 5 heteroatoms. The minimum Gasteiger partial charge on any atom is -0.350 e. The summed E-state index contributed by atoms with van der Waals surface area (Å²) in [5, 5.41) is 3.13. The van der Waals surface area contributed by atoms with Crippen LogP contribution in [0.15, 0.2) is 42.5 Å². The van der Waals surface area contributed by atoms with Crippen molar-refractivity contribution in [1.82, 2.24) is 5.32 Å². The molecule has 0 aliphatic heterocycles. The molecule has 0 saturated carbocycles. The van der Waals surface area contributed by atoms with E-state index in [0.717, 1.165) is 5.56 Å². The molecule has 1 N–H and O–H groups in total. The van der Waals surface area contributed by atoms with Crippen molar-refractivity contribution in [3.05, 3.63) is 69.5 Å². The Bertz CT molecular complexity index is 661. The van der Waals surface area contributed by atoms with Crippen LogP contribution in [0.5, 0.6) is 0 Å². The standard InChI is InChI=1S/C17H16Cl2FNO/c1-11(13-9-16(20)15(19)10-14(13)18)21-17(22)8-7-12-5-3-2-4-6-12/h2-6,9-11H,7-8H2,1H3,(H,21,22)/t11-/m0/s1. The monoisotopic (exact) mass is 339 g/mol. The first kappa shape index (κ1) is 16.8. The van der Waals surface area contributed by atoms with Gasteiger partial charge >= 0.3 is 0 Å². The first-order valence-corrected chi connectivity index (χ1v) is 7.70. The Morgan fingerprint density at radius 1 is 1.18 bits per heavy atom. The lowest BCUT2D eigenvalue weighted by Gasteiger charge is -2.16. The van der Waals surface area contributed by atoms with Crippen molar-refractivity contribution >= 4 is 29.1 Å². The number of halogens is 3. The number of carbonyl (C=O) groups is 1. The topological polar surface area (TPSA) is 29.1 Å². The fraction of sp³-hybridized carbons (Fsp3) is 0.235. The molecule has 2 aromatic carbocycles. The van der Waals surface area contributed by atoms with Gasteiger partial charge in [0.25, 0.3) is 0 Å². The molecule has 0 saturated heterocycles. The highest BCUT2D eigenvalue weighted by molar-refractivity contribution is 6.35. The Hall–Kier alpha value is -1.58. The number of benzene rings is 2. The normalized spacial score (nSPS) is 12.0. The molecule has 0 fully saturated rings. The van der Waals surface area contributed by atoms with E-state index in [2.05, 4.69) is 5.32 Å². The van der Waals surface area contributed by atoms with Crippen LogP contribution in [0.4, 0.5) is 4.39 Å². The van der Waals surface area contributed by atoms with Crippen LogP contribution in [-0.2, 0) is 11.2 Å². The van der Waals surface area contributed by atoms with Crippen LogP contribution in [0.3, 0.4) is 0 Å². The maximum atomic E-state index is 13.5. The summed E-state index contributed by atoms with van der Waals surface area (Å²) >= 11 is 11.7. The van der Waals surface area contributed by atoms with E-state index in [4.69, 9.17) is 23.2 Å². The number of aryl methyl sites for hydroxylation is 1. The van der Waals surface area contributed by atoms with Crippen LogP contribution in [-0.4, -0.2) is 5.91 Å². The molecule has 22 heavy (non-hydrogen) atoms. The number of amides is 1. The second kappa shape index (κ2) is 7.61. The summed E-state index contributed by atoms with van der Waals surface area (Å²) in [4.78, 5) is 12.0. The van der Waals surface area contributed by atoms with E-state index >= 15 is 0 Å². The van der Waals surface area contributed by atoms with Gasteiger partial charge in [-0.05, 0) is 36.6 Å². The van der Waals surface area contributed by atoms with Crippen molar-refractivity contribution in [2.75, 3.05) is 0 Å². The first-order valence-electron chi connectivity index (χ1n) is 6.95. The number of rotatable bonds is 5. The number of hydrogen-bond donors (Lipinski definition) is 1. The van der Waals surface area contributed by atoms with Gasteiger partial charge < -0.3 is 5.32 Å². The van der Waals surface area contributed by atoms with E-state index in [-0.39, 0.29) is 17.0 Å². The maximum Gasteiger partial charge on any atom is 0.220 e. The molecule has 2 nitrogen and oxygen atoms in total. The lowest BCUT2D eigenvalue weighted by Crippen LogP contribution is -2.27. The van der Waals surface area contributed by atoms with Gasteiger partial charge in [-0.2, -0.15) is 0 Å². The molecule has 2 rings (SSSR count). The van der Waals surface area contributed by atoms with Crippen LogP contribution >= 0.6 is 23.2 Å². The number of nitrogens with one attached hydrogen (secondary N) is 1. The highest BCUT2D eigenvalue weighted by Gasteiger charge is 2.15. The Morgan fingerprint density at radius 2 is 1.86 bits per heavy atom. The Labute approximate surface area is 139 Å². The van der Waals surface area contributed by atoms with E-state index in [9.17, 15) is 9.18 Å². The number of hydrogen-bond acceptors (Lipinski definition) is 1. The molecule has 2 aromatic rings. The number of carbonyl (C=O) groups excluding carboxylic acids is 1. The maximum absolute atomic E-state index is 13.5. The van der Waals surface area contributed by atoms with Gasteiger partial charge in [-0.3, -0.25) is 4.79 Å². The van der Waals surface area contributed by atoms with Gasteiger partial charge in [0.15, 0.2) is 0 Å². The molecule has 0 aliphatic carbocycles. The smallest absolute Gasteiger partial charge is 0.220 e. The van der Waals surface area contributed by atoms with Crippen molar-refractivity contribution < 1.29 is 9.18 Å². The van der Waals surface area contributed by atoms with Crippen molar-refractivity contribution in [3.63, 3.8) is 0 Å². The van der Waals surface area contributed by atoms with Gasteiger partial charge in [-0.15, -0.1) is 0 Å². The second-order valence-corrected chi connectivity index (χ2v) is 5.88. The summed E-state index contributed by atoms with van der Waals surface area (Å²) in [5.41, 5.74) is 1.61. The quantitative estimate of drug-likeness (QED) is 0.767. The molecule has 1 amide bonds. The minimum atomic E-state index is -0.550. The SMILES string of the molecule is C[C@H](NC(=O)CCc1ccccc1)c1cc(F)c(Cl)cc1Cl. The van der Waals surface area contributed by atoms with Crippen molar-refractivity contribution in [2.45, 2.75) is 25.8 Å². The fourth-order valence-electron chi connectivity index (χ4n) is 2.16. The Kier molecular flexibility index (Phi) is 5.81. The molecule has 0 aliphatic rings. The Balaban J connectivity index is 1.95. The van der Waals surface area contributed by atoms with Gasteiger partial charge in [0.1, 0.15) is 5.82 Å². The average Bonchev–Trinajstić information content (AvgIpc) is 2.50. The van der Waals surface area contributed by atoms with Crippen molar-refractivity contribution in [2.24, 2.45) is 0 Å². The molecule has 0 radical (unpaired) electrons. The summed E-state index contributed by atoms with van der Waals surface area (Å²) in [6.45, 7) is 1.76. The second-order valence-electron chi connectivity index (χ2n) is 5.06. The zero-order chi connectivity index (χ0) is 16.1. The van der Waals surface area contributed by atoms with E-state index in [1.807, 2.05) is 30.3 Å². The van der Waals surface area contributed by atoms with E-state index < -0.39 is 5.82 Å². The van der Waals surface area contributed by atoms with Crippen LogP contribution in [0.2, 0.25) is 10.0 Å². The zero-order valence-corrected chi connectivity index (χ0v) is 13.6. The molecule has 0 aromatic heterocycles. The predicted octanol–water partition coefficient (Wildman–Crippen LogP) is 4.94. The third-order valence-corrected chi connectivity index (χ3v) is 3.98. The third-order valence-electron chi connectivity index (χ3n) is 3.37. The van der Waals surface area contributed by atoms with Gasteiger partial charge in [-0.1, -0.05) is 53.5 Å². The highest BCUT2D eigenvalue weighted by Crippen LogP contribution is 2.28. The molecule has 0 bridgehead atoms. The van der Waals surface area contributed by atoms with Crippen molar-refractivity contribution in [3.8, 4) is 0 Å². The van der Waals surface area contributed by atoms with Crippen molar-refractivity contribution in [1.29, 1.82) is 0 Å². The summed E-state index contributed by atoms with van der Waals surface area (Å²) < 4.78 is 13.5. The summed E-state index contributed by atoms with van der Waals surface area (Å²) in [5.74, 6) is -0.658. The Morgan fingerprint density at radius 3 is 2.55 bits per heavy atom. The lowest BCUT2D eigenvalue weighted by molar-refractivity contribution is -0.121. The fourth-order valence-corrected chi connectivity index (χ4v) is 2.71. The molecule has 1 atom stereocenters. The third kappa shape index (κ3) is 4.46. The molecular formula is C17H16Cl2FNO. The minimum absolute atomic E-state index is 0.0312. The van der Waals surface area contributed by atoms with E-state index in [1.54, 1.807) is 6.92 Å². The van der Waals surface area contributed by atoms with Gasteiger partial charge in [-0.25, -0.2) is 4.39 Å². The average molecular weight is 340 g/mol. The first-order chi connectivity index (χ1) is 10.5. The van der Waals surface area contributed by atoms with E-state index in [1.165, 1.54) is 12.1 Å². The van der Waals surface area contributed by atoms with E-state index in [0.29, 0.717) is 23.4 Å². The summed E-state index contributed by atoms with van der Waals surface area (Å²) in [7, 11) is 0. The van der Waals surface area contributed by atoms with Gasteiger partial charge in [0.05, 0.1) is 11.1 Å². The largest absolute Gasteiger partial charge is 0.350 e. The van der Waals surface area contributed by atoms with Crippen LogP contribution in [0.25, 0.3) is 0 Å². The zero-order valence-electron chi connectivity index (χ0n) is 12.1. The van der Waals surface area contributed by atoms with Crippen LogP contribution < -0.4 is 5.32 Å². The molecule has 0 unspecified atom stereocenters. The highest BCUT2D eigenvalue weighted by atomic mass is 35.5.